The highest BCUT2D eigenvalue weighted by Crippen LogP contribution is 2.25. The predicted octanol–water partition coefficient (Wildman–Crippen LogP) is 3.96. The molecule has 0 radical (unpaired) electrons. The molecular formula is C18H21N3. The van der Waals surface area contributed by atoms with E-state index in [0.29, 0.717) is 11.3 Å². The molecule has 0 spiro atoms. The zero-order valence-electron chi connectivity index (χ0n) is 12.6. The van der Waals surface area contributed by atoms with E-state index in [1.807, 2.05) is 12.1 Å². The molecule has 2 aromatic carbocycles. The van der Waals surface area contributed by atoms with Crippen LogP contribution in [0.25, 0.3) is 0 Å². The lowest BCUT2D eigenvalue weighted by Crippen LogP contribution is -2.31. The minimum atomic E-state index is -0.0713. The van der Waals surface area contributed by atoms with Crippen LogP contribution in [-0.2, 0) is 6.42 Å². The molecule has 0 aliphatic rings. The number of benzene rings is 2. The number of hydrogen-bond acceptors (Lipinski definition) is 3. The summed E-state index contributed by atoms with van der Waals surface area (Å²) in [5.74, 6) is 0. The largest absolute Gasteiger partial charge is 0.397 e. The highest BCUT2D eigenvalue weighted by Gasteiger charge is 2.18. The van der Waals surface area contributed by atoms with Crippen LogP contribution in [-0.4, -0.2) is 5.54 Å². The van der Waals surface area contributed by atoms with Gasteiger partial charge in [-0.25, -0.2) is 0 Å². The number of aryl methyl sites for hydroxylation is 1. The summed E-state index contributed by atoms with van der Waals surface area (Å²) in [7, 11) is 0. The lowest BCUT2D eigenvalue weighted by molar-refractivity contribution is 0.519. The van der Waals surface area contributed by atoms with Crippen LogP contribution in [0.2, 0.25) is 0 Å². The molecule has 0 atom stereocenters. The van der Waals surface area contributed by atoms with Crippen molar-refractivity contribution in [2.75, 3.05) is 11.1 Å². The van der Waals surface area contributed by atoms with Crippen LogP contribution in [0.1, 0.15) is 31.4 Å². The van der Waals surface area contributed by atoms with Gasteiger partial charge in [0.15, 0.2) is 0 Å². The molecule has 2 aromatic rings. The van der Waals surface area contributed by atoms with Gasteiger partial charge in [0, 0.05) is 5.54 Å². The monoisotopic (exact) mass is 279 g/mol. The van der Waals surface area contributed by atoms with Gasteiger partial charge in [-0.2, -0.15) is 5.26 Å². The number of nitrogen functional groups attached to an aromatic ring is 1. The second-order valence-corrected chi connectivity index (χ2v) is 5.91. The standard InChI is InChI=1S/C18H21N3/c1-18(2,11-10-14-6-4-3-5-7-14)21-17-9-8-15(13-19)12-16(17)20/h3-9,12,21H,10-11,20H2,1-2H3. The van der Waals surface area contributed by atoms with Crippen molar-refractivity contribution < 1.29 is 0 Å². The third-order valence-corrected chi connectivity index (χ3v) is 3.54. The first-order valence-corrected chi connectivity index (χ1v) is 7.12. The summed E-state index contributed by atoms with van der Waals surface area (Å²) in [5, 5.41) is 12.3. The maximum atomic E-state index is 8.87. The van der Waals surface area contributed by atoms with Crippen LogP contribution >= 0.6 is 0 Å². The zero-order chi connectivity index (χ0) is 15.3. The number of nitriles is 1. The highest BCUT2D eigenvalue weighted by molar-refractivity contribution is 5.68. The number of nitrogens with zero attached hydrogens (tertiary/aromatic N) is 1. The minimum absolute atomic E-state index is 0.0713. The van der Waals surface area contributed by atoms with Gasteiger partial charge in [-0.05, 0) is 50.5 Å². The molecule has 0 amide bonds. The Kier molecular flexibility index (Phi) is 4.49. The molecule has 0 heterocycles. The van der Waals surface area contributed by atoms with Gasteiger partial charge in [0.25, 0.3) is 0 Å². The summed E-state index contributed by atoms with van der Waals surface area (Å²) in [4.78, 5) is 0. The van der Waals surface area contributed by atoms with Crippen LogP contribution in [0.5, 0.6) is 0 Å². The van der Waals surface area contributed by atoms with Crippen molar-refractivity contribution >= 4 is 11.4 Å². The van der Waals surface area contributed by atoms with E-state index in [9.17, 15) is 0 Å². The summed E-state index contributed by atoms with van der Waals surface area (Å²) < 4.78 is 0. The minimum Gasteiger partial charge on any atom is -0.397 e. The van der Waals surface area contributed by atoms with E-state index in [4.69, 9.17) is 11.0 Å². The quantitative estimate of drug-likeness (QED) is 0.814. The summed E-state index contributed by atoms with van der Waals surface area (Å²) in [6, 6.07) is 17.9. The van der Waals surface area contributed by atoms with Gasteiger partial charge in [-0.3, -0.25) is 0 Å². The fraction of sp³-hybridized carbons (Fsp3) is 0.278. The number of anilines is 2. The average molecular weight is 279 g/mol. The first kappa shape index (κ1) is 14.9. The molecule has 21 heavy (non-hydrogen) atoms. The third kappa shape index (κ3) is 4.25. The fourth-order valence-corrected chi connectivity index (χ4v) is 2.27. The Labute approximate surface area is 126 Å². The van der Waals surface area contributed by atoms with Gasteiger partial charge in [0.2, 0.25) is 0 Å². The molecular weight excluding hydrogens is 258 g/mol. The number of rotatable bonds is 5. The van der Waals surface area contributed by atoms with E-state index in [1.165, 1.54) is 5.56 Å². The van der Waals surface area contributed by atoms with Gasteiger partial charge in [0.1, 0.15) is 0 Å². The van der Waals surface area contributed by atoms with Gasteiger partial charge in [-0.1, -0.05) is 30.3 Å². The molecule has 0 aliphatic carbocycles. The maximum absolute atomic E-state index is 8.87. The second-order valence-electron chi connectivity index (χ2n) is 5.91. The van der Waals surface area contributed by atoms with Crippen molar-refractivity contribution in [2.24, 2.45) is 0 Å². The van der Waals surface area contributed by atoms with Gasteiger partial charge >= 0.3 is 0 Å². The van der Waals surface area contributed by atoms with Gasteiger partial charge < -0.3 is 11.1 Å². The van der Waals surface area contributed by atoms with E-state index in [1.54, 1.807) is 12.1 Å². The first-order valence-electron chi connectivity index (χ1n) is 7.12. The van der Waals surface area contributed by atoms with Crippen molar-refractivity contribution in [3.05, 3.63) is 59.7 Å². The summed E-state index contributed by atoms with van der Waals surface area (Å²) >= 11 is 0. The van der Waals surface area contributed by atoms with Gasteiger partial charge in [0.05, 0.1) is 23.0 Å². The smallest absolute Gasteiger partial charge is 0.0992 e. The Hall–Kier alpha value is -2.47. The summed E-state index contributed by atoms with van der Waals surface area (Å²) in [5.41, 5.74) is 9.34. The molecule has 3 N–H and O–H groups in total. The molecule has 0 aliphatic heterocycles. The van der Waals surface area contributed by atoms with Crippen molar-refractivity contribution in [3.63, 3.8) is 0 Å². The van der Waals surface area contributed by atoms with Crippen LogP contribution in [0.3, 0.4) is 0 Å². The van der Waals surface area contributed by atoms with E-state index in [0.717, 1.165) is 18.5 Å². The average Bonchev–Trinajstić information content (AvgIpc) is 2.48. The first-order chi connectivity index (χ1) is 10.00. The second kappa shape index (κ2) is 6.32. The SMILES string of the molecule is CC(C)(CCc1ccccc1)Nc1ccc(C#N)cc1N. The Morgan fingerprint density at radius 1 is 1.14 bits per heavy atom. The topological polar surface area (TPSA) is 61.8 Å². The van der Waals surface area contributed by atoms with Crippen LogP contribution in [0.15, 0.2) is 48.5 Å². The number of hydrogen-bond donors (Lipinski definition) is 2. The van der Waals surface area contributed by atoms with Crippen LogP contribution < -0.4 is 11.1 Å². The molecule has 0 saturated carbocycles. The number of nitrogens with one attached hydrogen (secondary N) is 1. The van der Waals surface area contributed by atoms with E-state index < -0.39 is 0 Å². The molecule has 0 unspecified atom stereocenters. The Morgan fingerprint density at radius 3 is 2.48 bits per heavy atom. The molecule has 0 fully saturated rings. The molecule has 3 nitrogen and oxygen atoms in total. The van der Waals surface area contributed by atoms with Crippen molar-refractivity contribution in [1.29, 1.82) is 5.26 Å². The molecule has 0 bridgehead atoms. The maximum Gasteiger partial charge on any atom is 0.0992 e. The van der Waals surface area contributed by atoms with E-state index in [2.05, 4.69) is 49.5 Å². The Bertz CT molecular complexity index is 639. The third-order valence-electron chi connectivity index (χ3n) is 3.54. The summed E-state index contributed by atoms with van der Waals surface area (Å²) in [6.07, 6.45) is 2.01. The Balaban J connectivity index is 2.02. The van der Waals surface area contributed by atoms with Crippen molar-refractivity contribution in [3.8, 4) is 6.07 Å². The lowest BCUT2D eigenvalue weighted by Gasteiger charge is -2.28. The van der Waals surface area contributed by atoms with Crippen molar-refractivity contribution in [1.82, 2.24) is 0 Å². The molecule has 0 aromatic heterocycles. The number of nitrogens with two attached hydrogens (primary N) is 1. The van der Waals surface area contributed by atoms with E-state index in [-0.39, 0.29) is 5.54 Å². The highest BCUT2D eigenvalue weighted by atomic mass is 15.0. The molecule has 0 saturated heterocycles. The van der Waals surface area contributed by atoms with E-state index >= 15 is 0 Å². The van der Waals surface area contributed by atoms with Crippen LogP contribution in [0, 0.1) is 11.3 Å². The predicted molar refractivity (Wildman–Crippen MR) is 88.0 cm³/mol. The van der Waals surface area contributed by atoms with Crippen molar-refractivity contribution in [2.45, 2.75) is 32.2 Å². The lowest BCUT2D eigenvalue weighted by atomic mass is 9.94. The Morgan fingerprint density at radius 2 is 1.86 bits per heavy atom. The summed E-state index contributed by atoms with van der Waals surface area (Å²) in [6.45, 7) is 4.32. The van der Waals surface area contributed by atoms with Gasteiger partial charge in [-0.15, -0.1) is 0 Å². The molecule has 2 rings (SSSR count). The normalized spacial score (nSPS) is 10.9. The van der Waals surface area contributed by atoms with Crippen LogP contribution in [0.4, 0.5) is 11.4 Å². The fourth-order valence-electron chi connectivity index (χ4n) is 2.27. The molecule has 108 valence electrons. The molecule has 3 heteroatoms. The zero-order valence-corrected chi connectivity index (χ0v) is 12.6.